The molecule has 0 aliphatic carbocycles. The molecule has 0 spiro atoms. The maximum atomic E-state index is 13.0. The van der Waals surface area contributed by atoms with Crippen molar-refractivity contribution in [3.05, 3.63) is 24.0 Å². The van der Waals surface area contributed by atoms with Crippen molar-refractivity contribution in [1.82, 2.24) is 0 Å². The van der Waals surface area contributed by atoms with Crippen LogP contribution in [0.25, 0.3) is 0 Å². The SMILES string of the molecule is CCC(C)OC(C)C(=O)Nc1ccc(F)c(N)c1. The highest BCUT2D eigenvalue weighted by Gasteiger charge is 2.16. The lowest BCUT2D eigenvalue weighted by molar-refractivity contribution is -0.129. The molecule has 0 aliphatic heterocycles. The number of anilines is 2. The molecule has 3 N–H and O–H groups in total. The number of ether oxygens (including phenoxy) is 1. The van der Waals surface area contributed by atoms with Crippen LogP contribution in [-0.2, 0) is 9.53 Å². The van der Waals surface area contributed by atoms with Gasteiger partial charge in [0.25, 0.3) is 5.91 Å². The number of hydrogen-bond acceptors (Lipinski definition) is 3. The Hall–Kier alpha value is -1.62. The van der Waals surface area contributed by atoms with Gasteiger partial charge in [0.15, 0.2) is 0 Å². The molecule has 0 saturated carbocycles. The molecule has 0 fully saturated rings. The molecule has 1 aromatic carbocycles. The van der Waals surface area contributed by atoms with Crippen LogP contribution in [0.4, 0.5) is 15.8 Å². The third-order valence-electron chi connectivity index (χ3n) is 2.64. The number of halogens is 1. The molecule has 100 valence electrons. The van der Waals surface area contributed by atoms with Crippen molar-refractivity contribution in [2.24, 2.45) is 0 Å². The number of nitrogens with one attached hydrogen (secondary N) is 1. The summed E-state index contributed by atoms with van der Waals surface area (Å²) in [6, 6.07) is 4.05. The van der Waals surface area contributed by atoms with Gasteiger partial charge >= 0.3 is 0 Å². The van der Waals surface area contributed by atoms with Gasteiger partial charge in [0.05, 0.1) is 11.8 Å². The Labute approximate surface area is 106 Å². The molecule has 0 radical (unpaired) electrons. The predicted molar refractivity (Wildman–Crippen MR) is 69.7 cm³/mol. The van der Waals surface area contributed by atoms with Crippen LogP contribution in [0.3, 0.4) is 0 Å². The van der Waals surface area contributed by atoms with Crippen molar-refractivity contribution in [2.45, 2.75) is 39.4 Å². The molecule has 0 aromatic heterocycles. The number of nitrogen functional groups attached to an aromatic ring is 1. The van der Waals surface area contributed by atoms with Crippen LogP contribution >= 0.6 is 0 Å². The highest BCUT2D eigenvalue weighted by molar-refractivity contribution is 5.94. The third kappa shape index (κ3) is 4.00. The van der Waals surface area contributed by atoms with Crippen LogP contribution in [0.1, 0.15) is 27.2 Å². The molecule has 2 unspecified atom stereocenters. The maximum absolute atomic E-state index is 13.0. The Balaban J connectivity index is 2.61. The van der Waals surface area contributed by atoms with E-state index in [1.807, 2.05) is 13.8 Å². The topological polar surface area (TPSA) is 64.3 Å². The summed E-state index contributed by atoms with van der Waals surface area (Å²) < 4.78 is 18.4. The Morgan fingerprint density at radius 3 is 2.72 bits per heavy atom. The molecule has 1 aromatic rings. The number of benzene rings is 1. The minimum Gasteiger partial charge on any atom is -0.396 e. The van der Waals surface area contributed by atoms with E-state index in [0.29, 0.717) is 5.69 Å². The number of amides is 1. The second-order valence-corrected chi connectivity index (χ2v) is 4.22. The molecule has 1 rings (SSSR count). The van der Waals surface area contributed by atoms with Gasteiger partial charge in [0.2, 0.25) is 0 Å². The molecule has 0 aliphatic rings. The number of carbonyl (C=O) groups is 1. The van der Waals surface area contributed by atoms with Gasteiger partial charge in [-0.1, -0.05) is 6.92 Å². The lowest BCUT2D eigenvalue weighted by Crippen LogP contribution is -2.30. The van der Waals surface area contributed by atoms with E-state index in [1.54, 1.807) is 6.92 Å². The van der Waals surface area contributed by atoms with Gasteiger partial charge in [0.1, 0.15) is 11.9 Å². The first-order valence-electron chi connectivity index (χ1n) is 5.95. The van der Waals surface area contributed by atoms with Crippen LogP contribution in [0.2, 0.25) is 0 Å². The van der Waals surface area contributed by atoms with Crippen LogP contribution in [0.15, 0.2) is 18.2 Å². The summed E-state index contributed by atoms with van der Waals surface area (Å²) in [6.45, 7) is 5.56. The zero-order valence-corrected chi connectivity index (χ0v) is 10.9. The molecule has 1 amide bonds. The fourth-order valence-electron chi connectivity index (χ4n) is 1.37. The number of carbonyl (C=O) groups excluding carboxylic acids is 1. The van der Waals surface area contributed by atoms with Crippen LogP contribution in [-0.4, -0.2) is 18.1 Å². The van der Waals surface area contributed by atoms with Crippen molar-refractivity contribution < 1.29 is 13.9 Å². The zero-order chi connectivity index (χ0) is 13.7. The fourth-order valence-corrected chi connectivity index (χ4v) is 1.37. The van der Waals surface area contributed by atoms with Gasteiger partial charge in [-0.15, -0.1) is 0 Å². The van der Waals surface area contributed by atoms with Gasteiger partial charge < -0.3 is 15.8 Å². The average Bonchev–Trinajstić information content (AvgIpc) is 2.33. The molecule has 0 saturated heterocycles. The molecule has 18 heavy (non-hydrogen) atoms. The van der Waals surface area contributed by atoms with Gasteiger partial charge in [-0.3, -0.25) is 4.79 Å². The minimum atomic E-state index is -0.564. The average molecular weight is 254 g/mol. The summed E-state index contributed by atoms with van der Waals surface area (Å²) in [6.07, 6.45) is 0.288. The van der Waals surface area contributed by atoms with Gasteiger partial charge in [-0.05, 0) is 38.5 Å². The zero-order valence-electron chi connectivity index (χ0n) is 10.9. The van der Waals surface area contributed by atoms with Gasteiger partial charge in [-0.25, -0.2) is 4.39 Å². The molecule has 0 heterocycles. The van der Waals surface area contributed by atoms with Crippen LogP contribution < -0.4 is 11.1 Å². The molecule has 2 atom stereocenters. The number of nitrogens with two attached hydrogens (primary N) is 1. The van der Waals surface area contributed by atoms with E-state index in [1.165, 1.54) is 18.2 Å². The summed E-state index contributed by atoms with van der Waals surface area (Å²) in [5, 5.41) is 2.63. The molecule has 4 nitrogen and oxygen atoms in total. The first-order valence-corrected chi connectivity index (χ1v) is 5.95. The maximum Gasteiger partial charge on any atom is 0.253 e. The molecular formula is C13H19FN2O2. The molecular weight excluding hydrogens is 235 g/mol. The monoisotopic (exact) mass is 254 g/mol. The van der Waals surface area contributed by atoms with Crippen molar-refractivity contribution >= 4 is 17.3 Å². The van der Waals surface area contributed by atoms with E-state index in [-0.39, 0.29) is 17.7 Å². The number of hydrogen-bond donors (Lipinski definition) is 2. The standard InChI is InChI=1S/C13H19FN2O2/c1-4-8(2)18-9(3)13(17)16-10-5-6-11(14)12(15)7-10/h5-9H,4,15H2,1-3H3,(H,16,17). The summed E-state index contributed by atoms with van der Waals surface area (Å²) in [4.78, 5) is 11.8. The molecule has 0 bridgehead atoms. The molecule has 5 heteroatoms. The lowest BCUT2D eigenvalue weighted by atomic mass is 10.2. The summed E-state index contributed by atoms with van der Waals surface area (Å²) in [7, 11) is 0. The van der Waals surface area contributed by atoms with Crippen molar-refractivity contribution in [1.29, 1.82) is 0 Å². The Bertz CT molecular complexity index is 423. The highest BCUT2D eigenvalue weighted by atomic mass is 19.1. The second kappa shape index (κ2) is 6.35. The first-order chi connectivity index (χ1) is 8.43. The summed E-state index contributed by atoms with van der Waals surface area (Å²) in [5.74, 6) is -0.779. The minimum absolute atomic E-state index is 0.00305. The van der Waals surface area contributed by atoms with Crippen LogP contribution in [0.5, 0.6) is 0 Å². The third-order valence-corrected chi connectivity index (χ3v) is 2.64. The van der Waals surface area contributed by atoms with E-state index in [9.17, 15) is 9.18 Å². The van der Waals surface area contributed by atoms with Crippen LogP contribution in [0, 0.1) is 5.82 Å². The van der Waals surface area contributed by atoms with Gasteiger partial charge in [-0.2, -0.15) is 0 Å². The van der Waals surface area contributed by atoms with Crippen molar-refractivity contribution in [2.75, 3.05) is 11.1 Å². The quantitative estimate of drug-likeness (QED) is 0.794. The van der Waals surface area contributed by atoms with E-state index < -0.39 is 11.9 Å². The fraction of sp³-hybridized carbons (Fsp3) is 0.462. The Morgan fingerprint density at radius 2 is 2.17 bits per heavy atom. The Morgan fingerprint density at radius 1 is 1.50 bits per heavy atom. The number of rotatable bonds is 5. The Kier molecular flexibility index (Phi) is 5.09. The highest BCUT2D eigenvalue weighted by Crippen LogP contribution is 2.16. The van der Waals surface area contributed by atoms with E-state index in [2.05, 4.69) is 5.32 Å². The predicted octanol–water partition coefficient (Wildman–Crippen LogP) is 2.55. The lowest BCUT2D eigenvalue weighted by Gasteiger charge is -2.17. The largest absolute Gasteiger partial charge is 0.396 e. The van der Waals surface area contributed by atoms with E-state index in [0.717, 1.165) is 6.42 Å². The smallest absolute Gasteiger partial charge is 0.253 e. The van der Waals surface area contributed by atoms with E-state index in [4.69, 9.17) is 10.5 Å². The van der Waals surface area contributed by atoms with Crippen molar-refractivity contribution in [3.8, 4) is 0 Å². The summed E-state index contributed by atoms with van der Waals surface area (Å²) >= 11 is 0. The first kappa shape index (κ1) is 14.4. The van der Waals surface area contributed by atoms with Gasteiger partial charge in [0, 0.05) is 5.69 Å². The van der Waals surface area contributed by atoms with Crippen molar-refractivity contribution in [3.63, 3.8) is 0 Å². The normalized spacial score (nSPS) is 14.0. The second-order valence-electron chi connectivity index (χ2n) is 4.22. The summed E-state index contributed by atoms with van der Waals surface area (Å²) in [5.41, 5.74) is 5.88. The van der Waals surface area contributed by atoms with E-state index >= 15 is 0 Å².